The summed E-state index contributed by atoms with van der Waals surface area (Å²) in [5.41, 5.74) is 1.57. The molecule has 0 atom stereocenters. The largest absolute Gasteiger partial charge is 0.440 e. The van der Waals surface area contributed by atoms with Crippen LogP contribution < -0.4 is 4.72 Å². The number of rotatable bonds is 5. The number of benzene rings is 1. The topological polar surface area (TPSA) is 72.2 Å². The van der Waals surface area contributed by atoms with Gasteiger partial charge in [-0.05, 0) is 30.2 Å². The number of hydrogen-bond donors (Lipinski definition) is 1. The lowest BCUT2D eigenvalue weighted by Crippen LogP contribution is -2.12. The maximum absolute atomic E-state index is 12.6. The number of anilines is 1. The lowest BCUT2D eigenvalue weighted by Gasteiger charge is -2.10. The number of hydrogen-bond acceptors (Lipinski definition) is 5. The van der Waals surface area contributed by atoms with Crippen LogP contribution in [0.2, 0.25) is 0 Å². The molecule has 3 aromatic rings. The number of nitrogens with one attached hydrogen (secondary N) is 1. The average Bonchev–Trinajstić information content (AvgIpc) is 3.16. The predicted molar refractivity (Wildman–Crippen MR) is 91.2 cm³/mol. The van der Waals surface area contributed by atoms with Crippen molar-refractivity contribution in [2.45, 2.75) is 24.5 Å². The second kappa shape index (κ2) is 6.17. The van der Waals surface area contributed by atoms with Crippen LogP contribution in [0.5, 0.6) is 0 Å². The maximum atomic E-state index is 12.6. The molecule has 2 heterocycles. The molecule has 0 unspecified atom stereocenters. The normalized spacial score (nSPS) is 11.6. The zero-order valence-corrected chi connectivity index (χ0v) is 14.4. The summed E-state index contributed by atoms with van der Waals surface area (Å²) in [4.78, 5) is 4.76. The lowest BCUT2D eigenvalue weighted by atomic mass is 10.1. The van der Waals surface area contributed by atoms with Crippen LogP contribution in [0.4, 0.5) is 5.69 Å². The highest BCUT2D eigenvalue weighted by atomic mass is 32.2. The SMILES string of the molecule is CCc1ccccc1NS(=O)(=O)c1ccc(-c2cnc(C)o2)s1. The summed E-state index contributed by atoms with van der Waals surface area (Å²) in [6.45, 7) is 3.74. The highest BCUT2D eigenvalue weighted by Gasteiger charge is 2.19. The van der Waals surface area contributed by atoms with Crippen molar-refractivity contribution in [3.8, 4) is 10.6 Å². The molecule has 0 spiro atoms. The zero-order chi connectivity index (χ0) is 16.4. The maximum Gasteiger partial charge on any atom is 0.271 e. The van der Waals surface area contributed by atoms with Gasteiger partial charge in [-0.3, -0.25) is 4.72 Å². The Morgan fingerprint density at radius 3 is 2.70 bits per heavy atom. The lowest BCUT2D eigenvalue weighted by molar-refractivity contribution is 0.535. The third-order valence-corrected chi connectivity index (χ3v) is 6.31. The van der Waals surface area contributed by atoms with Gasteiger partial charge >= 0.3 is 0 Å². The Kier molecular flexibility index (Phi) is 4.23. The van der Waals surface area contributed by atoms with E-state index in [2.05, 4.69) is 9.71 Å². The van der Waals surface area contributed by atoms with Crippen LogP contribution in [0.25, 0.3) is 10.6 Å². The van der Waals surface area contributed by atoms with E-state index in [0.29, 0.717) is 17.3 Å². The summed E-state index contributed by atoms with van der Waals surface area (Å²) in [6.07, 6.45) is 2.35. The summed E-state index contributed by atoms with van der Waals surface area (Å²) in [7, 11) is -3.62. The molecule has 23 heavy (non-hydrogen) atoms. The van der Waals surface area contributed by atoms with Gasteiger partial charge in [0.1, 0.15) is 4.21 Å². The minimum absolute atomic E-state index is 0.243. The Hall–Kier alpha value is -2.12. The van der Waals surface area contributed by atoms with Crippen molar-refractivity contribution in [3.63, 3.8) is 0 Å². The Bertz CT molecular complexity index is 926. The van der Waals surface area contributed by atoms with Gasteiger partial charge in [0, 0.05) is 6.92 Å². The molecule has 0 aliphatic carbocycles. The van der Waals surface area contributed by atoms with Crippen LogP contribution in [0.15, 0.2) is 51.2 Å². The van der Waals surface area contributed by atoms with Gasteiger partial charge in [0.05, 0.1) is 16.8 Å². The molecule has 5 nitrogen and oxygen atoms in total. The number of aromatic nitrogens is 1. The quantitative estimate of drug-likeness (QED) is 0.754. The Morgan fingerprint density at radius 1 is 1.22 bits per heavy atom. The molecule has 0 aliphatic heterocycles. The summed E-state index contributed by atoms with van der Waals surface area (Å²) >= 11 is 1.15. The van der Waals surface area contributed by atoms with Gasteiger partial charge in [-0.2, -0.15) is 0 Å². The monoisotopic (exact) mass is 348 g/mol. The Balaban J connectivity index is 1.90. The predicted octanol–water partition coefficient (Wildman–Crippen LogP) is 4.07. The van der Waals surface area contributed by atoms with Crippen LogP contribution in [0.1, 0.15) is 18.4 Å². The first-order valence-corrected chi connectivity index (χ1v) is 9.43. The second-order valence-corrected chi connectivity index (χ2v) is 7.97. The van der Waals surface area contributed by atoms with Gasteiger partial charge in [-0.1, -0.05) is 25.1 Å². The van der Waals surface area contributed by atoms with Crippen molar-refractivity contribution in [2.75, 3.05) is 4.72 Å². The fourth-order valence-electron chi connectivity index (χ4n) is 2.20. The second-order valence-electron chi connectivity index (χ2n) is 4.98. The fourth-order valence-corrected chi connectivity index (χ4v) is 4.55. The van der Waals surface area contributed by atoms with Crippen LogP contribution in [-0.4, -0.2) is 13.4 Å². The fraction of sp³-hybridized carbons (Fsp3) is 0.188. The van der Waals surface area contributed by atoms with Crippen LogP contribution in [0.3, 0.4) is 0 Å². The van der Waals surface area contributed by atoms with Crippen molar-refractivity contribution in [3.05, 3.63) is 54.0 Å². The molecule has 0 saturated carbocycles. The van der Waals surface area contributed by atoms with E-state index in [-0.39, 0.29) is 4.21 Å². The van der Waals surface area contributed by atoms with E-state index in [9.17, 15) is 8.42 Å². The summed E-state index contributed by atoms with van der Waals surface area (Å²) in [6, 6.07) is 10.7. The molecule has 2 aromatic heterocycles. The first kappa shape index (κ1) is 15.8. The third-order valence-electron chi connectivity index (χ3n) is 3.35. The molecule has 0 aliphatic rings. The van der Waals surface area contributed by atoms with Gasteiger partial charge < -0.3 is 4.42 Å². The van der Waals surface area contributed by atoms with E-state index in [1.807, 2.05) is 25.1 Å². The Morgan fingerprint density at radius 2 is 2.00 bits per heavy atom. The molecule has 3 rings (SSSR count). The number of oxazole rings is 1. The number of para-hydroxylation sites is 1. The van der Waals surface area contributed by atoms with Gasteiger partial charge in [-0.25, -0.2) is 13.4 Å². The number of thiophene rings is 1. The van der Waals surface area contributed by atoms with E-state index in [1.54, 1.807) is 31.3 Å². The third kappa shape index (κ3) is 3.30. The van der Waals surface area contributed by atoms with Crippen molar-refractivity contribution < 1.29 is 12.8 Å². The Labute approximate surface area is 139 Å². The summed E-state index contributed by atoms with van der Waals surface area (Å²) in [5, 5.41) is 0. The molecule has 0 bridgehead atoms. The first-order valence-electron chi connectivity index (χ1n) is 7.13. The highest BCUT2D eigenvalue weighted by Crippen LogP contribution is 2.32. The number of sulfonamides is 1. The molecule has 0 saturated heterocycles. The molecule has 120 valence electrons. The van der Waals surface area contributed by atoms with E-state index < -0.39 is 10.0 Å². The van der Waals surface area contributed by atoms with Crippen molar-refractivity contribution in [1.82, 2.24) is 4.98 Å². The zero-order valence-electron chi connectivity index (χ0n) is 12.7. The standard InChI is InChI=1S/C16H16N2O3S2/c1-3-12-6-4-5-7-13(12)18-23(19,20)16-9-8-15(22-16)14-10-17-11(2)21-14/h4-10,18H,3H2,1-2H3. The van der Waals surface area contributed by atoms with Gasteiger partial charge in [-0.15, -0.1) is 11.3 Å². The van der Waals surface area contributed by atoms with Crippen LogP contribution in [0, 0.1) is 6.92 Å². The molecular formula is C16H16N2O3S2. The number of nitrogens with zero attached hydrogens (tertiary/aromatic N) is 1. The summed E-state index contributed by atoms with van der Waals surface area (Å²) < 4.78 is 33.5. The van der Waals surface area contributed by atoms with E-state index in [0.717, 1.165) is 28.2 Å². The summed E-state index contributed by atoms with van der Waals surface area (Å²) in [5.74, 6) is 1.12. The minimum Gasteiger partial charge on any atom is -0.440 e. The van der Waals surface area contributed by atoms with Crippen molar-refractivity contribution in [2.24, 2.45) is 0 Å². The van der Waals surface area contributed by atoms with Crippen LogP contribution >= 0.6 is 11.3 Å². The molecule has 7 heteroatoms. The number of aryl methyl sites for hydroxylation is 2. The molecule has 0 radical (unpaired) electrons. The molecular weight excluding hydrogens is 332 g/mol. The van der Waals surface area contributed by atoms with Gasteiger partial charge in [0.15, 0.2) is 11.7 Å². The first-order chi connectivity index (χ1) is 11.0. The van der Waals surface area contributed by atoms with E-state index in [1.165, 1.54) is 0 Å². The van der Waals surface area contributed by atoms with Crippen LogP contribution in [-0.2, 0) is 16.4 Å². The van der Waals surface area contributed by atoms with E-state index in [4.69, 9.17) is 4.42 Å². The minimum atomic E-state index is -3.62. The molecule has 0 fully saturated rings. The highest BCUT2D eigenvalue weighted by molar-refractivity contribution is 7.94. The van der Waals surface area contributed by atoms with Gasteiger partial charge in [0.25, 0.3) is 10.0 Å². The van der Waals surface area contributed by atoms with Crippen molar-refractivity contribution >= 4 is 27.0 Å². The molecule has 0 amide bonds. The van der Waals surface area contributed by atoms with E-state index >= 15 is 0 Å². The van der Waals surface area contributed by atoms with Crippen molar-refractivity contribution in [1.29, 1.82) is 0 Å². The van der Waals surface area contributed by atoms with Gasteiger partial charge in [0.2, 0.25) is 0 Å². The molecule has 1 N–H and O–H groups in total. The smallest absolute Gasteiger partial charge is 0.271 e. The average molecular weight is 348 g/mol. The molecule has 1 aromatic carbocycles.